The Balaban J connectivity index is 1.80. The molecule has 1 amide bonds. The number of nitrogens with zero attached hydrogens (tertiary/aromatic N) is 4. The lowest BCUT2D eigenvalue weighted by Crippen LogP contribution is -2.34. The van der Waals surface area contributed by atoms with E-state index in [1.165, 1.54) is 10.9 Å². The summed E-state index contributed by atoms with van der Waals surface area (Å²) in [5.74, 6) is 1.36. The Kier molecular flexibility index (Phi) is 4.76. The summed E-state index contributed by atoms with van der Waals surface area (Å²) in [6.45, 7) is 2.94. The molecular weight excluding hydrogens is 322 g/mol. The molecule has 1 aromatic carbocycles. The Morgan fingerprint density at radius 3 is 2.83 bits per heavy atom. The normalized spacial score (nSPS) is 17.0. The van der Waals surface area contributed by atoms with Gasteiger partial charge in [-0.25, -0.2) is 4.68 Å². The summed E-state index contributed by atoms with van der Waals surface area (Å²) >= 11 is 1.85. The smallest absolute Gasteiger partial charge is 0.254 e. The molecule has 7 heteroatoms. The Bertz CT molecular complexity index is 777. The molecule has 1 atom stereocenters. The van der Waals surface area contributed by atoms with Gasteiger partial charge in [-0.3, -0.25) is 4.79 Å². The highest BCUT2D eigenvalue weighted by Crippen LogP contribution is 2.29. The number of hydrogen-bond donors (Lipinski definition) is 1. The van der Waals surface area contributed by atoms with E-state index < -0.39 is 0 Å². The van der Waals surface area contributed by atoms with Crippen LogP contribution in [0.1, 0.15) is 35.7 Å². The van der Waals surface area contributed by atoms with E-state index in [9.17, 15) is 4.79 Å². The number of thioether (sulfide) groups is 1. The Morgan fingerprint density at radius 1 is 1.46 bits per heavy atom. The molecule has 3 rings (SSSR count). The van der Waals surface area contributed by atoms with Crippen LogP contribution in [0.4, 0.5) is 5.82 Å². The first-order valence-corrected chi connectivity index (χ1v) is 8.97. The fraction of sp³-hybridized carbons (Fsp3) is 0.353. The molecule has 24 heavy (non-hydrogen) atoms. The molecule has 6 nitrogen and oxygen atoms in total. The molecule has 0 aliphatic carbocycles. The van der Waals surface area contributed by atoms with Crippen LogP contribution in [0.3, 0.4) is 0 Å². The second-order valence-electron chi connectivity index (χ2n) is 5.63. The first kappa shape index (κ1) is 16.4. The summed E-state index contributed by atoms with van der Waals surface area (Å²) in [5.41, 5.74) is 7.62. The second-order valence-corrected chi connectivity index (χ2v) is 6.91. The molecule has 0 radical (unpaired) electrons. The van der Waals surface area contributed by atoms with E-state index in [0.29, 0.717) is 16.9 Å². The number of carbonyl (C=O) groups is 1. The second kappa shape index (κ2) is 6.97. The number of hydrogen-bond acceptors (Lipinski definition) is 5. The van der Waals surface area contributed by atoms with Crippen LogP contribution in [0, 0.1) is 11.3 Å². The van der Waals surface area contributed by atoms with Gasteiger partial charge in [0.05, 0.1) is 17.3 Å². The van der Waals surface area contributed by atoms with Crippen molar-refractivity contribution in [1.82, 2.24) is 14.7 Å². The quantitative estimate of drug-likeness (QED) is 0.923. The van der Waals surface area contributed by atoms with Gasteiger partial charge in [-0.05, 0) is 30.7 Å². The predicted molar refractivity (Wildman–Crippen MR) is 94.9 cm³/mol. The average molecular weight is 341 g/mol. The zero-order valence-corrected chi connectivity index (χ0v) is 14.3. The zero-order chi connectivity index (χ0) is 17.1. The monoisotopic (exact) mass is 341 g/mol. The first-order valence-electron chi connectivity index (χ1n) is 7.92. The summed E-state index contributed by atoms with van der Waals surface area (Å²) < 4.78 is 1.50. The highest BCUT2D eigenvalue weighted by atomic mass is 32.2. The maximum atomic E-state index is 12.7. The van der Waals surface area contributed by atoms with E-state index in [2.05, 4.69) is 12.0 Å². The predicted octanol–water partition coefficient (Wildman–Crippen LogP) is 2.64. The maximum absolute atomic E-state index is 12.7. The van der Waals surface area contributed by atoms with Gasteiger partial charge in [0.15, 0.2) is 0 Å². The van der Waals surface area contributed by atoms with E-state index in [1.54, 1.807) is 24.3 Å². The van der Waals surface area contributed by atoms with Gasteiger partial charge in [0, 0.05) is 17.9 Å². The summed E-state index contributed by atoms with van der Waals surface area (Å²) in [4.78, 5) is 14.7. The van der Waals surface area contributed by atoms with Gasteiger partial charge < -0.3 is 10.6 Å². The van der Waals surface area contributed by atoms with Crippen LogP contribution in [0.5, 0.6) is 0 Å². The minimum Gasteiger partial charge on any atom is -0.382 e. The topological polar surface area (TPSA) is 87.9 Å². The Morgan fingerprint density at radius 2 is 2.21 bits per heavy atom. The van der Waals surface area contributed by atoms with Crippen LogP contribution in [-0.2, 0) is 0 Å². The van der Waals surface area contributed by atoms with Crippen molar-refractivity contribution in [3.63, 3.8) is 0 Å². The number of anilines is 1. The third kappa shape index (κ3) is 2.97. The SMILES string of the molecule is CCCC1SCCN1C(=O)c1ccc(-n2ncc(C#N)c2N)cc1. The third-order valence-electron chi connectivity index (χ3n) is 4.07. The number of nitriles is 1. The third-order valence-corrected chi connectivity index (χ3v) is 5.37. The molecule has 1 unspecified atom stereocenters. The molecule has 0 saturated carbocycles. The fourth-order valence-corrected chi connectivity index (χ4v) is 4.16. The number of aromatic nitrogens is 2. The minimum absolute atomic E-state index is 0.0659. The molecule has 1 fully saturated rings. The minimum atomic E-state index is 0.0659. The lowest BCUT2D eigenvalue weighted by atomic mass is 10.1. The number of rotatable bonds is 4. The van der Waals surface area contributed by atoms with Gasteiger partial charge in [0.25, 0.3) is 5.91 Å². The molecular formula is C17H19N5OS. The molecule has 2 N–H and O–H groups in total. The molecule has 1 saturated heterocycles. The molecule has 1 aliphatic rings. The molecule has 0 spiro atoms. The van der Waals surface area contributed by atoms with Crippen molar-refractivity contribution in [3.8, 4) is 11.8 Å². The van der Waals surface area contributed by atoms with Gasteiger partial charge >= 0.3 is 0 Å². The van der Waals surface area contributed by atoms with E-state index >= 15 is 0 Å². The Hall–Kier alpha value is -2.46. The first-order chi connectivity index (χ1) is 11.7. The van der Waals surface area contributed by atoms with Crippen LogP contribution < -0.4 is 5.73 Å². The average Bonchev–Trinajstić information content (AvgIpc) is 3.21. The summed E-state index contributed by atoms with van der Waals surface area (Å²) in [6.07, 6.45) is 3.53. The lowest BCUT2D eigenvalue weighted by molar-refractivity contribution is 0.0756. The van der Waals surface area contributed by atoms with Crippen molar-refractivity contribution in [2.75, 3.05) is 18.0 Å². The molecule has 2 heterocycles. The van der Waals surface area contributed by atoms with Gasteiger partial charge in [-0.1, -0.05) is 13.3 Å². The van der Waals surface area contributed by atoms with E-state index in [-0.39, 0.29) is 11.3 Å². The van der Waals surface area contributed by atoms with Crippen molar-refractivity contribution in [2.45, 2.75) is 25.1 Å². The van der Waals surface area contributed by atoms with Crippen LogP contribution in [0.15, 0.2) is 30.5 Å². The number of carbonyl (C=O) groups excluding carboxylic acids is 1. The van der Waals surface area contributed by atoms with Crippen molar-refractivity contribution in [1.29, 1.82) is 5.26 Å². The summed E-state index contributed by atoms with van der Waals surface area (Å²) in [5, 5.41) is 13.3. The van der Waals surface area contributed by atoms with Crippen molar-refractivity contribution >= 4 is 23.5 Å². The zero-order valence-electron chi connectivity index (χ0n) is 13.5. The molecule has 124 valence electrons. The highest BCUT2D eigenvalue weighted by molar-refractivity contribution is 8.00. The van der Waals surface area contributed by atoms with Crippen LogP contribution in [0.25, 0.3) is 5.69 Å². The van der Waals surface area contributed by atoms with Gasteiger partial charge in [0.2, 0.25) is 0 Å². The van der Waals surface area contributed by atoms with Crippen LogP contribution >= 0.6 is 11.8 Å². The van der Waals surface area contributed by atoms with Gasteiger partial charge in [0.1, 0.15) is 17.5 Å². The largest absolute Gasteiger partial charge is 0.382 e. The van der Waals surface area contributed by atoms with Gasteiger partial charge in [-0.2, -0.15) is 10.4 Å². The fourth-order valence-electron chi connectivity index (χ4n) is 2.80. The number of nitrogen functional groups attached to an aromatic ring is 1. The van der Waals surface area contributed by atoms with E-state index in [4.69, 9.17) is 11.0 Å². The molecule has 1 aliphatic heterocycles. The number of nitrogens with two attached hydrogens (primary N) is 1. The van der Waals surface area contributed by atoms with Crippen LogP contribution in [0.2, 0.25) is 0 Å². The van der Waals surface area contributed by atoms with Gasteiger partial charge in [-0.15, -0.1) is 11.8 Å². The summed E-state index contributed by atoms with van der Waals surface area (Å²) in [6, 6.07) is 9.18. The highest BCUT2D eigenvalue weighted by Gasteiger charge is 2.29. The number of benzene rings is 1. The summed E-state index contributed by atoms with van der Waals surface area (Å²) in [7, 11) is 0. The lowest BCUT2D eigenvalue weighted by Gasteiger charge is -2.23. The standard InChI is InChI=1S/C17H19N5OS/c1-2-3-15-21(8-9-24-15)17(23)12-4-6-14(7-5-12)22-16(19)13(10-18)11-20-22/h4-7,11,15H,2-3,8-9,19H2,1H3. The molecule has 2 aromatic rings. The van der Waals surface area contributed by atoms with E-state index in [1.807, 2.05) is 22.7 Å². The number of amides is 1. The maximum Gasteiger partial charge on any atom is 0.254 e. The van der Waals surface area contributed by atoms with Crippen molar-refractivity contribution in [3.05, 3.63) is 41.6 Å². The van der Waals surface area contributed by atoms with Crippen LogP contribution in [-0.4, -0.2) is 38.3 Å². The Labute approximate surface area is 145 Å². The van der Waals surface area contributed by atoms with E-state index in [0.717, 1.165) is 30.8 Å². The van der Waals surface area contributed by atoms with Crippen molar-refractivity contribution in [2.24, 2.45) is 0 Å². The van der Waals surface area contributed by atoms with Crippen molar-refractivity contribution < 1.29 is 4.79 Å². The molecule has 1 aromatic heterocycles. The molecule has 0 bridgehead atoms.